The molecule has 0 radical (unpaired) electrons. The molecule has 0 saturated carbocycles. The number of para-hydroxylation sites is 2. The molecule has 1 heterocycles. The van der Waals surface area contributed by atoms with E-state index in [-0.39, 0.29) is 27.7 Å². The van der Waals surface area contributed by atoms with Gasteiger partial charge >= 0.3 is 0 Å². The molecule has 1 N–H and O–H groups in total. The second kappa shape index (κ2) is 7.85. The van der Waals surface area contributed by atoms with Gasteiger partial charge in [0.25, 0.3) is 5.56 Å². The first-order valence-corrected chi connectivity index (χ1v) is 9.33. The Hall–Kier alpha value is -3.90. The number of nitrogens with zero attached hydrogens (tertiary/aromatic N) is 2. The zero-order valence-corrected chi connectivity index (χ0v) is 16.2. The highest BCUT2D eigenvalue weighted by atomic mass is 35.5. The van der Waals surface area contributed by atoms with Crippen LogP contribution >= 0.6 is 11.6 Å². The summed E-state index contributed by atoms with van der Waals surface area (Å²) in [6, 6.07) is 19.5. The van der Waals surface area contributed by atoms with E-state index in [9.17, 15) is 19.8 Å². The summed E-state index contributed by atoms with van der Waals surface area (Å²) in [4.78, 5) is 28.7. The van der Waals surface area contributed by atoms with Crippen LogP contribution in [0.3, 0.4) is 0 Å². The van der Waals surface area contributed by atoms with Crippen molar-refractivity contribution in [3.05, 3.63) is 99.3 Å². The van der Waals surface area contributed by atoms with Gasteiger partial charge in [-0.25, -0.2) is 4.57 Å². The summed E-state index contributed by atoms with van der Waals surface area (Å²) < 4.78 is 1.11. The van der Waals surface area contributed by atoms with Crippen molar-refractivity contribution in [2.45, 2.75) is 0 Å². The summed E-state index contributed by atoms with van der Waals surface area (Å²) in [5, 5.41) is 23.4. The minimum atomic E-state index is -1.36. The van der Waals surface area contributed by atoms with Crippen LogP contribution in [0.25, 0.3) is 16.5 Å². The standard InChI is InChI=1S/C23H15ClN2O4/c24-18-10-4-6-12-20(18)26-21(27)15-8-2-1-7-14(15)17(22(26)28)13-25-19-11-5-3-9-16(19)23(29)30/h1-13,28H,(H,29,30)/p-1. The second-order valence-electron chi connectivity index (χ2n) is 6.44. The molecule has 3 aromatic carbocycles. The predicted molar refractivity (Wildman–Crippen MR) is 114 cm³/mol. The van der Waals surface area contributed by atoms with E-state index < -0.39 is 11.5 Å². The van der Waals surface area contributed by atoms with Gasteiger partial charge in [-0.05, 0) is 24.3 Å². The van der Waals surface area contributed by atoms with Crippen LogP contribution in [0, 0.1) is 0 Å². The van der Waals surface area contributed by atoms with Crippen LogP contribution < -0.4 is 10.7 Å². The van der Waals surface area contributed by atoms with E-state index in [1.807, 2.05) is 0 Å². The molecule has 0 aliphatic heterocycles. The highest BCUT2D eigenvalue weighted by Crippen LogP contribution is 2.29. The monoisotopic (exact) mass is 417 g/mol. The lowest BCUT2D eigenvalue weighted by Crippen LogP contribution is -2.22. The Morgan fingerprint density at radius 3 is 2.33 bits per heavy atom. The van der Waals surface area contributed by atoms with Crippen LogP contribution in [0.5, 0.6) is 5.88 Å². The number of fused-ring (bicyclic) bond motifs is 1. The van der Waals surface area contributed by atoms with E-state index >= 15 is 0 Å². The maximum Gasteiger partial charge on any atom is 0.265 e. The number of aromatic carboxylic acids is 1. The number of aromatic nitrogens is 1. The van der Waals surface area contributed by atoms with Gasteiger partial charge in [0, 0.05) is 22.6 Å². The van der Waals surface area contributed by atoms with Gasteiger partial charge < -0.3 is 15.0 Å². The molecule has 7 heteroatoms. The maximum atomic E-state index is 13.1. The third-order valence-electron chi connectivity index (χ3n) is 4.65. The number of carbonyl (C=O) groups is 1. The van der Waals surface area contributed by atoms with E-state index in [1.54, 1.807) is 60.7 Å². The fraction of sp³-hybridized carbons (Fsp3) is 0. The summed E-state index contributed by atoms with van der Waals surface area (Å²) in [6.07, 6.45) is 1.33. The van der Waals surface area contributed by atoms with Gasteiger partial charge in [-0.1, -0.05) is 60.1 Å². The Labute approximate surface area is 175 Å². The summed E-state index contributed by atoms with van der Waals surface area (Å²) >= 11 is 6.26. The van der Waals surface area contributed by atoms with Crippen LogP contribution in [0.4, 0.5) is 5.69 Å². The van der Waals surface area contributed by atoms with E-state index in [0.29, 0.717) is 16.5 Å². The van der Waals surface area contributed by atoms with Crippen molar-refractivity contribution in [1.82, 2.24) is 4.57 Å². The van der Waals surface area contributed by atoms with Crippen molar-refractivity contribution >= 4 is 40.2 Å². The summed E-state index contributed by atoms with van der Waals surface area (Å²) in [5.41, 5.74) is 0.201. The third-order valence-corrected chi connectivity index (χ3v) is 4.97. The fourth-order valence-corrected chi connectivity index (χ4v) is 3.46. The number of carboxylic acids is 1. The van der Waals surface area contributed by atoms with Crippen LogP contribution in [-0.2, 0) is 0 Å². The predicted octanol–water partition coefficient (Wildman–Crippen LogP) is 3.46. The molecule has 1 aromatic heterocycles. The van der Waals surface area contributed by atoms with Crippen LogP contribution in [0.15, 0.2) is 82.6 Å². The first kappa shape index (κ1) is 19.4. The molecule has 148 valence electrons. The topological polar surface area (TPSA) is 94.7 Å². The molecule has 6 nitrogen and oxygen atoms in total. The van der Waals surface area contributed by atoms with Gasteiger partial charge in [0.2, 0.25) is 5.88 Å². The number of carboxylic acid groups (broad SMARTS) is 1. The lowest BCUT2D eigenvalue weighted by molar-refractivity contribution is -0.254. The number of aromatic hydroxyl groups is 1. The number of hydrogen-bond donors (Lipinski definition) is 1. The molecule has 30 heavy (non-hydrogen) atoms. The molecule has 0 fully saturated rings. The first-order chi connectivity index (χ1) is 14.5. The minimum Gasteiger partial charge on any atom is -0.545 e. The zero-order valence-electron chi connectivity index (χ0n) is 15.4. The van der Waals surface area contributed by atoms with Crippen LogP contribution in [0.1, 0.15) is 15.9 Å². The summed E-state index contributed by atoms with van der Waals surface area (Å²) in [5.74, 6) is -1.72. The number of rotatable bonds is 4. The van der Waals surface area contributed by atoms with Crippen molar-refractivity contribution in [3.63, 3.8) is 0 Å². The molecular weight excluding hydrogens is 404 g/mol. The van der Waals surface area contributed by atoms with Gasteiger partial charge in [0.05, 0.1) is 27.9 Å². The number of hydrogen-bond acceptors (Lipinski definition) is 5. The molecule has 0 spiro atoms. The molecule has 0 unspecified atom stereocenters. The smallest absolute Gasteiger partial charge is 0.265 e. The molecule has 0 saturated heterocycles. The Kier molecular flexibility index (Phi) is 5.08. The van der Waals surface area contributed by atoms with Crippen molar-refractivity contribution in [2.75, 3.05) is 0 Å². The number of pyridine rings is 1. The van der Waals surface area contributed by atoms with Crippen molar-refractivity contribution in [1.29, 1.82) is 0 Å². The Morgan fingerprint density at radius 2 is 1.60 bits per heavy atom. The minimum absolute atomic E-state index is 0.0861. The third kappa shape index (κ3) is 3.33. The Bertz CT molecular complexity index is 1380. The maximum absolute atomic E-state index is 13.1. The van der Waals surface area contributed by atoms with Gasteiger partial charge in [0.15, 0.2) is 0 Å². The van der Waals surface area contributed by atoms with Crippen LogP contribution in [-0.4, -0.2) is 21.9 Å². The van der Waals surface area contributed by atoms with Gasteiger partial charge in [0.1, 0.15) is 0 Å². The number of benzene rings is 3. The largest absolute Gasteiger partial charge is 0.545 e. The fourth-order valence-electron chi connectivity index (χ4n) is 3.24. The van der Waals surface area contributed by atoms with Gasteiger partial charge in [-0.2, -0.15) is 0 Å². The van der Waals surface area contributed by atoms with Gasteiger partial charge in [-0.15, -0.1) is 0 Å². The highest BCUT2D eigenvalue weighted by Gasteiger charge is 2.17. The lowest BCUT2D eigenvalue weighted by atomic mass is 10.1. The molecule has 0 amide bonds. The van der Waals surface area contributed by atoms with Crippen molar-refractivity contribution in [3.8, 4) is 11.6 Å². The molecule has 4 rings (SSSR count). The molecule has 0 aliphatic carbocycles. The number of halogens is 1. The first-order valence-electron chi connectivity index (χ1n) is 8.95. The quantitative estimate of drug-likeness (QED) is 0.514. The molecule has 0 atom stereocenters. The molecule has 0 bridgehead atoms. The number of aliphatic imine (C=N–C) groups is 1. The molecular formula is C23H14ClN2O4-. The van der Waals surface area contributed by atoms with Crippen molar-refractivity contribution < 1.29 is 15.0 Å². The zero-order chi connectivity index (χ0) is 21.3. The van der Waals surface area contributed by atoms with Crippen LogP contribution in [0.2, 0.25) is 5.02 Å². The molecule has 0 aliphatic rings. The summed E-state index contributed by atoms with van der Waals surface area (Å²) in [7, 11) is 0. The van der Waals surface area contributed by atoms with Crippen molar-refractivity contribution in [2.24, 2.45) is 4.99 Å². The number of carbonyl (C=O) groups excluding carboxylic acids is 1. The molecule has 4 aromatic rings. The normalized spacial score (nSPS) is 11.2. The van der Waals surface area contributed by atoms with Gasteiger partial charge in [-0.3, -0.25) is 9.79 Å². The van der Waals surface area contributed by atoms with E-state index in [2.05, 4.69) is 4.99 Å². The lowest BCUT2D eigenvalue weighted by Gasteiger charge is -2.14. The van der Waals surface area contributed by atoms with E-state index in [4.69, 9.17) is 11.6 Å². The van der Waals surface area contributed by atoms with E-state index in [1.165, 1.54) is 18.3 Å². The highest BCUT2D eigenvalue weighted by molar-refractivity contribution is 6.32. The second-order valence-corrected chi connectivity index (χ2v) is 6.84. The van der Waals surface area contributed by atoms with E-state index in [0.717, 1.165) is 4.57 Å². The average Bonchev–Trinajstić information content (AvgIpc) is 2.75. The average molecular weight is 418 g/mol. The SMILES string of the molecule is O=C([O-])c1ccccc1N=Cc1c(O)n(-c2ccccc2Cl)c(=O)c2ccccc12. The Balaban J connectivity index is 2.00. The summed E-state index contributed by atoms with van der Waals surface area (Å²) in [6.45, 7) is 0. The Morgan fingerprint density at radius 1 is 0.967 bits per heavy atom.